The number of benzene rings is 1. The van der Waals surface area contributed by atoms with Crippen LogP contribution >= 0.6 is 0 Å². The lowest BCUT2D eigenvalue weighted by atomic mass is 9.84. The van der Waals surface area contributed by atoms with Gasteiger partial charge in [0.1, 0.15) is 11.6 Å². The number of aryl methyl sites for hydroxylation is 1. The SMILES string of the molecule is C=C1CCN(c2nn(C)c3cc(C4CCN(CC5CN(C(=C)C6CCCCC6)C5)CC4)c(F)cc23)C(=C)N1. The van der Waals surface area contributed by atoms with Gasteiger partial charge in [0.2, 0.25) is 0 Å². The highest BCUT2D eigenvalue weighted by Crippen LogP contribution is 2.38. The van der Waals surface area contributed by atoms with Crippen molar-refractivity contribution in [2.45, 2.75) is 57.3 Å². The molecule has 1 aromatic heterocycles. The summed E-state index contributed by atoms with van der Waals surface area (Å²) in [5, 5.41) is 8.80. The van der Waals surface area contributed by atoms with E-state index in [-0.39, 0.29) is 11.7 Å². The molecule has 2 aromatic rings. The number of piperidine rings is 1. The molecule has 1 saturated carbocycles. The average Bonchev–Trinajstić information content (AvgIpc) is 3.20. The van der Waals surface area contributed by atoms with Gasteiger partial charge in [0.05, 0.1) is 5.52 Å². The third-order valence-corrected chi connectivity index (χ3v) is 9.47. The smallest absolute Gasteiger partial charge is 0.164 e. The Labute approximate surface area is 226 Å². The number of hydrogen-bond donors (Lipinski definition) is 1. The Bertz CT molecular complexity index is 1230. The quantitative estimate of drug-likeness (QED) is 0.531. The van der Waals surface area contributed by atoms with Gasteiger partial charge in [-0.25, -0.2) is 4.39 Å². The first-order valence-electron chi connectivity index (χ1n) is 14.6. The summed E-state index contributed by atoms with van der Waals surface area (Å²) in [6, 6.07) is 3.74. The summed E-state index contributed by atoms with van der Waals surface area (Å²) in [5.74, 6) is 3.11. The number of nitrogens with zero attached hydrogens (tertiary/aromatic N) is 5. The Balaban J connectivity index is 1.06. The lowest BCUT2D eigenvalue weighted by Gasteiger charge is -2.47. The van der Waals surface area contributed by atoms with Gasteiger partial charge in [0.15, 0.2) is 5.82 Å². The van der Waals surface area contributed by atoms with Crippen molar-refractivity contribution in [3.05, 3.63) is 60.5 Å². The van der Waals surface area contributed by atoms with Crippen LogP contribution in [0.2, 0.25) is 0 Å². The highest BCUT2D eigenvalue weighted by atomic mass is 19.1. The van der Waals surface area contributed by atoms with Crippen molar-refractivity contribution in [3.63, 3.8) is 0 Å². The highest BCUT2D eigenvalue weighted by molar-refractivity contribution is 5.92. The second kappa shape index (κ2) is 10.4. The van der Waals surface area contributed by atoms with Crippen molar-refractivity contribution < 1.29 is 4.39 Å². The maximum Gasteiger partial charge on any atom is 0.164 e. The molecule has 0 unspecified atom stereocenters. The Morgan fingerprint density at radius 2 is 1.79 bits per heavy atom. The minimum Gasteiger partial charge on any atom is -0.374 e. The van der Waals surface area contributed by atoms with Crippen LogP contribution in [0.4, 0.5) is 10.2 Å². The molecule has 0 amide bonds. The van der Waals surface area contributed by atoms with E-state index in [9.17, 15) is 0 Å². The van der Waals surface area contributed by atoms with E-state index in [1.165, 1.54) is 37.8 Å². The monoisotopic (exact) mass is 518 g/mol. The Morgan fingerprint density at radius 3 is 2.50 bits per heavy atom. The number of likely N-dealkylation sites (tertiary alicyclic amines) is 2. The van der Waals surface area contributed by atoms with E-state index in [4.69, 9.17) is 5.10 Å². The summed E-state index contributed by atoms with van der Waals surface area (Å²) < 4.78 is 17.4. The second-order valence-corrected chi connectivity index (χ2v) is 12.1. The summed E-state index contributed by atoms with van der Waals surface area (Å²) in [6.45, 7) is 18.9. The van der Waals surface area contributed by atoms with Gasteiger partial charge in [-0.3, -0.25) is 4.68 Å². The Kier molecular flexibility index (Phi) is 6.97. The highest BCUT2D eigenvalue weighted by Gasteiger charge is 2.34. The fraction of sp³-hybridized carbons (Fsp3) is 0.581. The van der Waals surface area contributed by atoms with Gasteiger partial charge >= 0.3 is 0 Å². The van der Waals surface area contributed by atoms with Crippen LogP contribution in [0.3, 0.4) is 0 Å². The largest absolute Gasteiger partial charge is 0.374 e. The topological polar surface area (TPSA) is 39.6 Å². The molecule has 6 rings (SSSR count). The lowest BCUT2D eigenvalue weighted by molar-refractivity contribution is 0.0733. The van der Waals surface area contributed by atoms with Gasteiger partial charge in [0, 0.05) is 62.3 Å². The molecule has 1 N–H and O–H groups in total. The van der Waals surface area contributed by atoms with Crippen LogP contribution in [0.5, 0.6) is 0 Å². The molecule has 1 aromatic carbocycles. The molecule has 4 fully saturated rings. The number of hydrogen-bond acceptors (Lipinski definition) is 5. The fourth-order valence-corrected chi connectivity index (χ4v) is 7.14. The number of nitrogens with one attached hydrogen (secondary N) is 1. The molecule has 0 atom stereocenters. The molecule has 38 heavy (non-hydrogen) atoms. The Morgan fingerprint density at radius 1 is 1.05 bits per heavy atom. The molecule has 7 heteroatoms. The van der Waals surface area contributed by atoms with Gasteiger partial charge in [0.25, 0.3) is 0 Å². The van der Waals surface area contributed by atoms with E-state index >= 15 is 4.39 Å². The molecule has 204 valence electrons. The molecular formula is C31H43FN6. The van der Waals surface area contributed by atoms with Gasteiger partial charge in [-0.1, -0.05) is 39.0 Å². The third kappa shape index (κ3) is 4.86. The minimum atomic E-state index is -0.110. The number of allylic oxidation sites excluding steroid dienone is 1. The van der Waals surface area contributed by atoms with Crippen LogP contribution in [0.15, 0.2) is 49.1 Å². The van der Waals surface area contributed by atoms with Crippen LogP contribution in [0.1, 0.15) is 62.8 Å². The number of anilines is 1. The molecule has 6 nitrogen and oxygen atoms in total. The zero-order valence-electron chi connectivity index (χ0n) is 23.0. The molecule has 3 aliphatic heterocycles. The maximum absolute atomic E-state index is 15.5. The van der Waals surface area contributed by atoms with E-state index in [0.717, 1.165) is 104 Å². The fourth-order valence-electron chi connectivity index (χ4n) is 7.14. The van der Waals surface area contributed by atoms with E-state index in [2.05, 4.69) is 34.9 Å². The summed E-state index contributed by atoms with van der Waals surface area (Å²) in [5.41, 5.74) is 4.17. The zero-order chi connectivity index (χ0) is 26.4. The van der Waals surface area contributed by atoms with E-state index < -0.39 is 0 Å². The van der Waals surface area contributed by atoms with Crippen molar-refractivity contribution in [2.75, 3.05) is 44.2 Å². The standard InChI is InChI=1S/C31H43FN6/c1-21-10-15-38(23(3)33-21)31-28-16-29(32)27(17-30(28)35(4)34-31)26-11-13-36(14-12-26)18-24-19-37(20-24)22(2)25-8-6-5-7-9-25/h16-17,24-26,33H,1-3,5-15,18-20H2,4H3. The number of aromatic nitrogens is 2. The molecular weight excluding hydrogens is 475 g/mol. The summed E-state index contributed by atoms with van der Waals surface area (Å²) in [7, 11) is 1.94. The van der Waals surface area contributed by atoms with Gasteiger partial charge in [-0.15, -0.1) is 0 Å². The molecule has 4 heterocycles. The van der Waals surface area contributed by atoms with Crippen LogP contribution in [-0.4, -0.2) is 58.8 Å². The van der Waals surface area contributed by atoms with Crippen molar-refractivity contribution in [1.82, 2.24) is 24.9 Å². The number of rotatable bonds is 6. The normalized spacial score (nSPS) is 22.7. The summed E-state index contributed by atoms with van der Waals surface area (Å²) >= 11 is 0. The predicted octanol–water partition coefficient (Wildman–Crippen LogP) is 5.70. The van der Waals surface area contributed by atoms with Crippen LogP contribution in [0.25, 0.3) is 10.9 Å². The van der Waals surface area contributed by atoms with E-state index in [1.54, 1.807) is 6.07 Å². The summed E-state index contributed by atoms with van der Waals surface area (Å²) in [6.07, 6.45) is 9.62. The van der Waals surface area contributed by atoms with Gasteiger partial charge in [-0.05, 0) is 68.3 Å². The first-order chi connectivity index (χ1) is 18.4. The minimum absolute atomic E-state index is 0.110. The van der Waals surface area contributed by atoms with Crippen molar-refractivity contribution in [1.29, 1.82) is 0 Å². The molecule has 0 spiro atoms. The van der Waals surface area contributed by atoms with Crippen LogP contribution in [0, 0.1) is 17.7 Å². The number of fused-ring (bicyclic) bond motifs is 1. The van der Waals surface area contributed by atoms with Crippen molar-refractivity contribution >= 4 is 16.7 Å². The van der Waals surface area contributed by atoms with E-state index in [0.29, 0.717) is 0 Å². The van der Waals surface area contributed by atoms with E-state index in [1.807, 2.05) is 22.7 Å². The second-order valence-electron chi connectivity index (χ2n) is 12.1. The van der Waals surface area contributed by atoms with Crippen molar-refractivity contribution in [2.24, 2.45) is 18.9 Å². The molecule has 0 radical (unpaired) electrons. The third-order valence-electron chi connectivity index (χ3n) is 9.47. The molecule has 3 saturated heterocycles. The zero-order valence-corrected chi connectivity index (χ0v) is 23.0. The first kappa shape index (κ1) is 25.5. The molecule has 1 aliphatic carbocycles. The van der Waals surface area contributed by atoms with Gasteiger partial charge < -0.3 is 20.0 Å². The van der Waals surface area contributed by atoms with Crippen LogP contribution in [-0.2, 0) is 7.05 Å². The lowest BCUT2D eigenvalue weighted by Crippen LogP contribution is -2.52. The molecule has 4 aliphatic rings. The maximum atomic E-state index is 15.5. The first-order valence-corrected chi connectivity index (χ1v) is 14.6. The average molecular weight is 519 g/mol. The summed E-state index contributed by atoms with van der Waals surface area (Å²) in [4.78, 5) is 7.16. The Hall–Kier alpha value is -2.80. The van der Waals surface area contributed by atoms with Gasteiger partial charge in [-0.2, -0.15) is 5.10 Å². The number of halogens is 1. The molecule has 0 bridgehead atoms. The predicted molar refractivity (Wildman–Crippen MR) is 153 cm³/mol. The van der Waals surface area contributed by atoms with Crippen molar-refractivity contribution in [3.8, 4) is 0 Å². The van der Waals surface area contributed by atoms with Crippen LogP contribution < -0.4 is 10.2 Å².